The molecule has 4 rings (SSSR count). The third-order valence-corrected chi connectivity index (χ3v) is 5.92. The average Bonchev–Trinajstić information content (AvgIpc) is 3.24. The van der Waals surface area contributed by atoms with Crippen LogP contribution in [0.1, 0.15) is 34.7 Å². The number of nitrogens with zero attached hydrogens (tertiary/aromatic N) is 3. The van der Waals surface area contributed by atoms with E-state index in [1.54, 1.807) is 0 Å². The van der Waals surface area contributed by atoms with Gasteiger partial charge in [-0.25, -0.2) is 5.01 Å². The number of hydrogen-bond acceptors (Lipinski definition) is 3. The van der Waals surface area contributed by atoms with Crippen molar-refractivity contribution in [2.45, 2.75) is 25.9 Å². The van der Waals surface area contributed by atoms with Gasteiger partial charge in [-0.05, 0) is 48.0 Å². The lowest BCUT2D eigenvalue weighted by molar-refractivity contribution is 0.364. The first-order valence-corrected chi connectivity index (χ1v) is 10.9. The molecule has 158 valence electrons. The molecular weight excluding hydrogens is 400 g/mol. The summed E-state index contributed by atoms with van der Waals surface area (Å²) in [6, 6.07) is 27.6. The number of thiocarbonyl (C=S) groups is 1. The predicted octanol–water partition coefficient (Wildman–Crippen LogP) is 5.29. The van der Waals surface area contributed by atoms with Crippen molar-refractivity contribution >= 4 is 28.7 Å². The number of hydrogen-bond donors (Lipinski definition) is 1. The first-order valence-electron chi connectivity index (χ1n) is 10.5. The zero-order valence-corrected chi connectivity index (χ0v) is 19.1. The van der Waals surface area contributed by atoms with E-state index >= 15 is 0 Å². The average molecular weight is 429 g/mol. The van der Waals surface area contributed by atoms with Crippen LogP contribution in [0, 0.1) is 6.92 Å². The number of aryl methyl sites for hydroxylation is 1. The van der Waals surface area contributed by atoms with Crippen LogP contribution >= 0.6 is 12.2 Å². The summed E-state index contributed by atoms with van der Waals surface area (Å²) < 4.78 is 0. The summed E-state index contributed by atoms with van der Waals surface area (Å²) in [5, 5.41) is 11.0. The normalized spacial score (nSPS) is 15.5. The monoisotopic (exact) mass is 428 g/mol. The van der Waals surface area contributed by atoms with Crippen LogP contribution in [0.2, 0.25) is 0 Å². The lowest BCUT2D eigenvalue weighted by atomic mass is 9.98. The van der Waals surface area contributed by atoms with Crippen LogP contribution in [-0.2, 0) is 6.54 Å². The Kier molecular flexibility index (Phi) is 6.33. The van der Waals surface area contributed by atoms with E-state index in [0.717, 1.165) is 17.7 Å². The molecule has 0 spiro atoms. The molecule has 1 heterocycles. The molecule has 1 aliphatic heterocycles. The predicted molar refractivity (Wildman–Crippen MR) is 134 cm³/mol. The smallest absolute Gasteiger partial charge is 0.190 e. The number of hydrazone groups is 1. The van der Waals surface area contributed by atoms with Gasteiger partial charge in [-0.3, -0.25) is 0 Å². The summed E-state index contributed by atoms with van der Waals surface area (Å²) in [7, 11) is 4.11. The molecule has 3 aromatic rings. The molecule has 0 aliphatic carbocycles. The van der Waals surface area contributed by atoms with Crippen LogP contribution in [0.25, 0.3) is 0 Å². The Morgan fingerprint density at radius 3 is 2.32 bits per heavy atom. The second-order valence-electron chi connectivity index (χ2n) is 8.11. The second-order valence-corrected chi connectivity index (χ2v) is 8.49. The van der Waals surface area contributed by atoms with Crippen LogP contribution < -0.4 is 10.2 Å². The molecule has 0 radical (unpaired) electrons. The maximum Gasteiger partial charge on any atom is 0.190 e. The van der Waals surface area contributed by atoms with Gasteiger partial charge in [0.25, 0.3) is 0 Å². The zero-order chi connectivity index (χ0) is 21.8. The van der Waals surface area contributed by atoms with Crippen molar-refractivity contribution < 1.29 is 0 Å². The van der Waals surface area contributed by atoms with Crippen LogP contribution in [0.15, 0.2) is 84.0 Å². The molecular formula is C26H28N4S. The van der Waals surface area contributed by atoms with Crippen molar-refractivity contribution in [1.29, 1.82) is 0 Å². The Hall–Kier alpha value is -3.18. The van der Waals surface area contributed by atoms with Crippen molar-refractivity contribution in [1.82, 2.24) is 10.3 Å². The first-order chi connectivity index (χ1) is 15.0. The van der Waals surface area contributed by atoms with Gasteiger partial charge in [-0.2, -0.15) is 5.10 Å². The SMILES string of the molecule is Cc1ccc(C2=NN(C(=S)NCc3ccccc3)[C@H](c3ccc(N(C)C)cc3)C2)cc1. The molecule has 4 nitrogen and oxygen atoms in total. The Morgan fingerprint density at radius 2 is 1.68 bits per heavy atom. The van der Waals surface area contributed by atoms with Crippen molar-refractivity contribution in [3.05, 3.63) is 101 Å². The fourth-order valence-electron chi connectivity index (χ4n) is 3.73. The molecule has 1 N–H and O–H groups in total. The third kappa shape index (κ3) is 4.94. The molecule has 1 atom stereocenters. The van der Waals surface area contributed by atoms with Gasteiger partial charge in [-0.1, -0.05) is 72.3 Å². The van der Waals surface area contributed by atoms with E-state index in [1.807, 2.05) is 23.2 Å². The molecule has 1 aliphatic rings. The van der Waals surface area contributed by atoms with Gasteiger partial charge in [0.15, 0.2) is 5.11 Å². The maximum atomic E-state index is 5.78. The molecule has 0 unspecified atom stereocenters. The van der Waals surface area contributed by atoms with Crippen molar-refractivity contribution in [3.63, 3.8) is 0 Å². The van der Waals surface area contributed by atoms with Crippen LogP contribution in [-0.4, -0.2) is 29.9 Å². The van der Waals surface area contributed by atoms with E-state index in [0.29, 0.717) is 11.7 Å². The maximum absolute atomic E-state index is 5.78. The van der Waals surface area contributed by atoms with E-state index in [9.17, 15) is 0 Å². The molecule has 5 heteroatoms. The molecule has 0 amide bonds. The minimum absolute atomic E-state index is 0.0725. The highest BCUT2D eigenvalue weighted by Gasteiger charge is 2.31. The van der Waals surface area contributed by atoms with Gasteiger partial charge in [0.05, 0.1) is 11.8 Å². The second kappa shape index (κ2) is 9.31. The highest BCUT2D eigenvalue weighted by Crippen LogP contribution is 2.33. The molecule has 0 bridgehead atoms. The number of benzene rings is 3. The lowest BCUT2D eigenvalue weighted by Gasteiger charge is -2.25. The summed E-state index contributed by atoms with van der Waals surface area (Å²) in [5.41, 5.74) is 7.03. The molecule has 0 fully saturated rings. The largest absolute Gasteiger partial charge is 0.378 e. The molecule has 3 aromatic carbocycles. The Labute approximate surface area is 190 Å². The number of nitrogens with one attached hydrogen (secondary N) is 1. The van der Waals surface area contributed by atoms with E-state index < -0.39 is 0 Å². The number of rotatable bonds is 5. The quantitative estimate of drug-likeness (QED) is 0.560. The molecule has 0 saturated heterocycles. The fraction of sp³-hybridized carbons (Fsp3) is 0.231. The molecule has 31 heavy (non-hydrogen) atoms. The van der Waals surface area contributed by atoms with Gasteiger partial charge in [0, 0.05) is 32.7 Å². The fourth-order valence-corrected chi connectivity index (χ4v) is 3.97. The minimum Gasteiger partial charge on any atom is -0.378 e. The van der Waals surface area contributed by atoms with Crippen LogP contribution in [0.5, 0.6) is 0 Å². The zero-order valence-electron chi connectivity index (χ0n) is 18.2. The summed E-state index contributed by atoms with van der Waals surface area (Å²) in [6.45, 7) is 2.78. The first kappa shape index (κ1) is 21.1. The van der Waals surface area contributed by atoms with Crippen molar-refractivity contribution in [3.8, 4) is 0 Å². The van der Waals surface area contributed by atoms with Gasteiger partial charge in [0.2, 0.25) is 0 Å². The Morgan fingerprint density at radius 1 is 1.00 bits per heavy atom. The topological polar surface area (TPSA) is 30.9 Å². The van der Waals surface area contributed by atoms with E-state index in [1.165, 1.54) is 22.4 Å². The van der Waals surface area contributed by atoms with Crippen LogP contribution in [0.3, 0.4) is 0 Å². The summed E-state index contributed by atoms with van der Waals surface area (Å²) in [4.78, 5) is 2.11. The van der Waals surface area contributed by atoms with Crippen molar-refractivity contribution in [2.24, 2.45) is 5.10 Å². The third-order valence-electron chi connectivity index (χ3n) is 5.58. The van der Waals surface area contributed by atoms with Crippen molar-refractivity contribution in [2.75, 3.05) is 19.0 Å². The van der Waals surface area contributed by atoms with E-state index in [-0.39, 0.29) is 6.04 Å². The molecule has 0 saturated carbocycles. The minimum atomic E-state index is 0.0725. The highest BCUT2D eigenvalue weighted by atomic mass is 32.1. The highest BCUT2D eigenvalue weighted by molar-refractivity contribution is 7.80. The van der Waals surface area contributed by atoms with E-state index in [4.69, 9.17) is 17.3 Å². The summed E-state index contributed by atoms with van der Waals surface area (Å²) in [5.74, 6) is 0. The summed E-state index contributed by atoms with van der Waals surface area (Å²) >= 11 is 5.78. The Bertz CT molecular complexity index is 1060. The summed E-state index contributed by atoms with van der Waals surface area (Å²) in [6.07, 6.45) is 0.817. The molecule has 0 aromatic heterocycles. The van der Waals surface area contributed by atoms with Gasteiger partial charge in [0.1, 0.15) is 0 Å². The van der Waals surface area contributed by atoms with Gasteiger partial charge >= 0.3 is 0 Å². The number of anilines is 1. The van der Waals surface area contributed by atoms with E-state index in [2.05, 4.69) is 91.9 Å². The van der Waals surface area contributed by atoms with Crippen LogP contribution in [0.4, 0.5) is 5.69 Å². The standard InChI is InChI=1S/C26H28N4S/c1-19-9-11-21(12-10-19)24-17-25(22-13-15-23(16-14-22)29(2)3)30(28-24)26(31)27-18-20-7-5-4-6-8-20/h4-16,25H,17-18H2,1-3H3,(H,27,31)/t25-/m0/s1. The van der Waals surface area contributed by atoms with Gasteiger partial charge < -0.3 is 10.2 Å². The Balaban J connectivity index is 1.59. The van der Waals surface area contributed by atoms with Gasteiger partial charge in [-0.15, -0.1) is 0 Å². The lowest BCUT2D eigenvalue weighted by Crippen LogP contribution is -2.36.